The predicted molar refractivity (Wildman–Crippen MR) is 112 cm³/mol. The second kappa shape index (κ2) is 9.13. The van der Waals surface area contributed by atoms with Crippen LogP contribution < -0.4 is 10.9 Å². The molecule has 2 N–H and O–H groups in total. The highest BCUT2D eigenvalue weighted by atomic mass is 32.1. The van der Waals surface area contributed by atoms with Gasteiger partial charge in [-0.15, -0.1) is 11.3 Å². The van der Waals surface area contributed by atoms with Gasteiger partial charge in [-0.25, -0.2) is 4.98 Å². The third kappa shape index (κ3) is 4.97. The normalized spacial score (nSPS) is 14.6. The lowest BCUT2D eigenvalue weighted by molar-refractivity contribution is 0.0336. The van der Waals surface area contributed by atoms with Gasteiger partial charge in [0.25, 0.3) is 11.5 Å². The first-order valence-electron chi connectivity index (χ1n) is 9.49. The van der Waals surface area contributed by atoms with Gasteiger partial charge >= 0.3 is 0 Å². The van der Waals surface area contributed by atoms with E-state index >= 15 is 0 Å². The van der Waals surface area contributed by atoms with Gasteiger partial charge in [0, 0.05) is 36.3 Å². The zero-order valence-electron chi connectivity index (χ0n) is 15.9. The maximum Gasteiger partial charge on any atom is 0.261 e. The number of hydrogen-bond donors (Lipinski definition) is 2. The molecule has 0 bridgehead atoms. The summed E-state index contributed by atoms with van der Waals surface area (Å²) in [4.78, 5) is 34.4. The van der Waals surface area contributed by atoms with E-state index in [-0.39, 0.29) is 17.7 Å². The van der Waals surface area contributed by atoms with E-state index in [0.717, 1.165) is 35.0 Å². The number of benzene rings is 1. The standard InChI is InChI=1S/C21H22N4O3S/c26-20(22-12-19-24-18(14-29-19)15-4-2-1-3-5-15)17-7-6-16(23-21(17)27)13-25-8-10-28-11-9-25/h1-7,14H,8-13H2,(H,22,26)(H,23,27). The molecule has 4 rings (SSSR count). The van der Waals surface area contributed by atoms with Crippen molar-refractivity contribution in [2.45, 2.75) is 13.1 Å². The highest BCUT2D eigenvalue weighted by Crippen LogP contribution is 2.21. The van der Waals surface area contributed by atoms with Crippen molar-refractivity contribution in [3.05, 3.63) is 74.5 Å². The van der Waals surface area contributed by atoms with E-state index in [1.807, 2.05) is 35.7 Å². The van der Waals surface area contributed by atoms with Crippen molar-refractivity contribution >= 4 is 17.2 Å². The second-order valence-corrected chi connectivity index (χ2v) is 7.73. The number of morpholine rings is 1. The molecule has 2 aromatic heterocycles. The van der Waals surface area contributed by atoms with Gasteiger partial charge in [-0.3, -0.25) is 14.5 Å². The summed E-state index contributed by atoms with van der Waals surface area (Å²) in [6.07, 6.45) is 0. The zero-order chi connectivity index (χ0) is 20.1. The van der Waals surface area contributed by atoms with E-state index in [1.54, 1.807) is 12.1 Å². The Bertz CT molecular complexity index is 1030. The van der Waals surface area contributed by atoms with Gasteiger partial charge < -0.3 is 15.0 Å². The third-order valence-electron chi connectivity index (χ3n) is 4.73. The van der Waals surface area contributed by atoms with Crippen LogP contribution in [0, 0.1) is 0 Å². The van der Waals surface area contributed by atoms with Gasteiger partial charge in [-0.2, -0.15) is 0 Å². The van der Waals surface area contributed by atoms with Gasteiger partial charge in [-0.1, -0.05) is 30.3 Å². The number of rotatable bonds is 6. The van der Waals surface area contributed by atoms with Crippen molar-refractivity contribution in [3.8, 4) is 11.3 Å². The molecule has 29 heavy (non-hydrogen) atoms. The fourth-order valence-electron chi connectivity index (χ4n) is 3.17. The Balaban J connectivity index is 1.36. The van der Waals surface area contributed by atoms with Crippen LogP contribution in [0.2, 0.25) is 0 Å². The van der Waals surface area contributed by atoms with Crippen LogP contribution in [0.5, 0.6) is 0 Å². The fourth-order valence-corrected chi connectivity index (χ4v) is 3.91. The Morgan fingerprint density at radius 3 is 2.72 bits per heavy atom. The number of carbonyl (C=O) groups is 1. The first kappa shape index (κ1) is 19.5. The quantitative estimate of drug-likeness (QED) is 0.651. The van der Waals surface area contributed by atoms with Crippen molar-refractivity contribution in [3.63, 3.8) is 0 Å². The Labute approximate surface area is 172 Å². The van der Waals surface area contributed by atoms with Crippen LogP contribution in [-0.2, 0) is 17.8 Å². The molecule has 0 unspecified atom stereocenters. The number of aromatic amines is 1. The van der Waals surface area contributed by atoms with Crippen molar-refractivity contribution in [1.82, 2.24) is 20.2 Å². The second-order valence-electron chi connectivity index (χ2n) is 6.79. The van der Waals surface area contributed by atoms with Crippen LogP contribution in [0.1, 0.15) is 21.1 Å². The van der Waals surface area contributed by atoms with Crippen LogP contribution >= 0.6 is 11.3 Å². The molecule has 8 heteroatoms. The topological polar surface area (TPSA) is 87.3 Å². The van der Waals surface area contributed by atoms with Crippen LogP contribution in [0.15, 0.2) is 52.6 Å². The highest BCUT2D eigenvalue weighted by Gasteiger charge is 2.15. The monoisotopic (exact) mass is 410 g/mol. The van der Waals surface area contributed by atoms with E-state index in [2.05, 4.69) is 20.2 Å². The molecule has 3 aromatic rings. The summed E-state index contributed by atoms with van der Waals surface area (Å²) in [6, 6.07) is 13.3. The summed E-state index contributed by atoms with van der Waals surface area (Å²) in [5.41, 5.74) is 2.44. The highest BCUT2D eigenvalue weighted by molar-refractivity contribution is 7.09. The van der Waals surface area contributed by atoms with E-state index < -0.39 is 5.91 Å². The lowest BCUT2D eigenvalue weighted by Gasteiger charge is -2.26. The zero-order valence-corrected chi connectivity index (χ0v) is 16.7. The molecule has 0 spiro atoms. The number of carbonyl (C=O) groups excluding carboxylic acids is 1. The van der Waals surface area contributed by atoms with E-state index in [1.165, 1.54) is 11.3 Å². The molecule has 3 heterocycles. The van der Waals surface area contributed by atoms with Crippen LogP contribution in [-0.4, -0.2) is 47.1 Å². The molecule has 7 nitrogen and oxygen atoms in total. The lowest BCUT2D eigenvalue weighted by Crippen LogP contribution is -2.36. The minimum absolute atomic E-state index is 0.107. The van der Waals surface area contributed by atoms with Gasteiger partial charge in [0.05, 0.1) is 25.5 Å². The Kier molecular flexibility index (Phi) is 6.14. The minimum Gasteiger partial charge on any atom is -0.379 e. The Hall–Kier alpha value is -2.81. The molecular weight excluding hydrogens is 388 g/mol. The van der Waals surface area contributed by atoms with Crippen molar-refractivity contribution < 1.29 is 9.53 Å². The number of nitrogens with one attached hydrogen (secondary N) is 2. The molecule has 1 amide bonds. The van der Waals surface area contributed by atoms with Crippen LogP contribution in [0.25, 0.3) is 11.3 Å². The van der Waals surface area contributed by atoms with Gasteiger partial charge in [0.2, 0.25) is 0 Å². The maximum absolute atomic E-state index is 12.4. The molecular formula is C21H22N4O3S. The Morgan fingerprint density at radius 1 is 1.17 bits per heavy atom. The van der Waals surface area contributed by atoms with E-state index in [4.69, 9.17) is 4.74 Å². The summed E-state index contributed by atoms with van der Waals surface area (Å²) < 4.78 is 5.33. The number of aromatic nitrogens is 2. The summed E-state index contributed by atoms with van der Waals surface area (Å²) in [5, 5.41) is 5.54. The molecule has 1 aliphatic rings. The minimum atomic E-state index is -0.402. The van der Waals surface area contributed by atoms with Crippen LogP contribution in [0.4, 0.5) is 0 Å². The molecule has 0 atom stereocenters. The summed E-state index contributed by atoms with van der Waals surface area (Å²) >= 11 is 1.48. The first-order chi connectivity index (χ1) is 14.2. The molecule has 0 saturated carbocycles. The molecule has 1 aliphatic heterocycles. The molecule has 0 aliphatic carbocycles. The number of hydrogen-bond acceptors (Lipinski definition) is 6. The fraction of sp³-hybridized carbons (Fsp3) is 0.286. The molecule has 0 radical (unpaired) electrons. The van der Waals surface area contributed by atoms with Crippen molar-refractivity contribution in [1.29, 1.82) is 0 Å². The summed E-state index contributed by atoms with van der Waals surface area (Å²) in [7, 11) is 0. The van der Waals surface area contributed by atoms with Crippen molar-refractivity contribution in [2.75, 3.05) is 26.3 Å². The van der Waals surface area contributed by atoms with E-state index in [9.17, 15) is 9.59 Å². The average Bonchev–Trinajstić information content (AvgIpc) is 3.23. The molecule has 1 aromatic carbocycles. The number of H-pyrrole nitrogens is 1. The smallest absolute Gasteiger partial charge is 0.261 e. The summed E-state index contributed by atoms with van der Waals surface area (Å²) in [6.45, 7) is 4.00. The predicted octanol–water partition coefficient (Wildman–Crippen LogP) is 2.26. The Morgan fingerprint density at radius 2 is 1.97 bits per heavy atom. The number of nitrogens with zero attached hydrogens (tertiary/aromatic N) is 2. The van der Waals surface area contributed by atoms with Gasteiger partial charge in [0.1, 0.15) is 10.6 Å². The average molecular weight is 410 g/mol. The number of pyridine rings is 1. The third-order valence-corrected chi connectivity index (χ3v) is 5.58. The van der Waals surface area contributed by atoms with Crippen LogP contribution in [0.3, 0.4) is 0 Å². The maximum atomic E-state index is 12.4. The number of amides is 1. The largest absolute Gasteiger partial charge is 0.379 e. The first-order valence-corrected chi connectivity index (χ1v) is 10.4. The lowest BCUT2D eigenvalue weighted by atomic mass is 10.2. The molecule has 1 fully saturated rings. The van der Waals surface area contributed by atoms with Gasteiger partial charge in [0.15, 0.2) is 0 Å². The van der Waals surface area contributed by atoms with Crippen molar-refractivity contribution in [2.24, 2.45) is 0 Å². The summed E-state index contributed by atoms with van der Waals surface area (Å²) in [5.74, 6) is -0.402. The van der Waals surface area contributed by atoms with Gasteiger partial charge in [-0.05, 0) is 12.1 Å². The SMILES string of the molecule is O=C(NCc1nc(-c2ccccc2)cs1)c1ccc(CN2CCOCC2)[nH]c1=O. The number of thiazole rings is 1. The number of ether oxygens (including phenoxy) is 1. The molecule has 150 valence electrons. The molecule has 1 saturated heterocycles. The van der Waals surface area contributed by atoms with E-state index in [0.29, 0.717) is 19.8 Å².